The maximum absolute atomic E-state index is 12.7. The summed E-state index contributed by atoms with van der Waals surface area (Å²) in [6.07, 6.45) is 2.31. The van der Waals surface area contributed by atoms with Crippen molar-refractivity contribution >= 4 is 30.0 Å². The number of carbonyl (C=O) groups is 4. The molecule has 28 heavy (non-hydrogen) atoms. The van der Waals surface area contributed by atoms with Crippen LogP contribution in [0.15, 0.2) is 17.9 Å². The van der Waals surface area contributed by atoms with Crippen molar-refractivity contribution < 1.29 is 42.9 Å². The highest BCUT2D eigenvalue weighted by atomic mass is 16.7. The van der Waals surface area contributed by atoms with Gasteiger partial charge in [-0.15, -0.1) is 0 Å². The fourth-order valence-corrected chi connectivity index (χ4v) is 2.71. The number of nitrogens with zero attached hydrogens (tertiary/aromatic N) is 1. The number of rotatable bonds is 6. The van der Waals surface area contributed by atoms with E-state index < -0.39 is 23.9 Å². The number of Topliss-reactive ketones (excluding diaryl/α,β-unsaturated/α-hetero) is 1. The van der Waals surface area contributed by atoms with Crippen LogP contribution in [0, 0.1) is 0 Å². The third kappa shape index (κ3) is 4.05. The third-order valence-corrected chi connectivity index (χ3v) is 3.95. The van der Waals surface area contributed by atoms with Crippen molar-refractivity contribution in [3.8, 4) is 0 Å². The second-order valence-corrected chi connectivity index (χ2v) is 5.46. The molecule has 0 aliphatic heterocycles. The van der Waals surface area contributed by atoms with Gasteiger partial charge in [-0.05, 0) is 12.2 Å². The number of ether oxygens (including phenoxy) is 5. The molecule has 1 aromatic heterocycles. The van der Waals surface area contributed by atoms with Crippen molar-refractivity contribution in [2.45, 2.75) is 6.61 Å². The van der Waals surface area contributed by atoms with Crippen LogP contribution >= 0.6 is 0 Å². The predicted molar refractivity (Wildman–Crippen MR) is 93.8 cm³/mol. The molecule has 10 heteroatoms. The molecule has 0 fully saturated rings. The first-order valence-electron chi connectivity index (χ1n) is 7.99. The highest BCUT2D eigenvalue weighted by Gasteiger charge is 2.34. The molecule has 0 amide bonds. The number of hydrogen-bond donors (Lipinski definition) is 0. The lowest BCUT2D eigenvalue weighted by Crippen LogP contribution is -2.20. The maximum atomic E-state index is 12.7. The highest BCUT2D eigenvalue weighted by Crippen LogP contribution is 2.31. The van der Waals surface area contributed by atoms with Crippen LogP contribution in [0.3, 0.4) is 0 Å². The standard InChI is InChI=1S/C18H19NO9/c1-19-11(6-5-7-27-17(22)25-3)10(9-28-18(23)26-4)14-15(19)12(20)8-13(24-2)16(14)21/h5-6,8H,7,9H2,1-4H3/b6-5+. The van der Waals surface area contributed by atoms with E-state index in [2.05, 4.69) is 9.47 Å². The Kier molecular flexibility index (Phi) is 6.59. The summed E-state index contributed by atoms with van der Waals surface area (Å²) in [5, 5.41) is 0. The monoisotopic (exact) mass is 393 g/mol. The van der Waals surface area contributed by atoms with E-state index in [9.17, 15) is 19.2 Å². The van der Waals surface area contributed by atoms with Gasteiger partial charge in [0.05, 0.1) is 26.9 Å². The van der Waals surface area contributed by atoms with Crippen molar-refractivity contribution in [1.29, 1.82) is 0 Å². The highest BCUT2D eigenvalue weighted by molar-refractivity contribution is 6.24. The van der Waals surface area contributed by atoms with Gasteiger partial charge in [0.2, 0.25) is 11.6 Å². The smallest absolute Gasteiger partial charge is 0.492 e. The molecular weight excluding hydrogens is 374 g/mol. The van der Waals surface area contributed by atoms with E-state index in [1.807, 2.05) is 0 Å². The van der Waals surface area contributed by atoms with E-state index >= 15 is 0 Å². The van der Waals surface area contributed by atoms with Crippen molar-refractivity contribution in [2.75, 3.05) is 27.9 Å². The second-order valence-electron chi connectivity index (χ2n) is 5.46. The Morgan fingerprint density at radius 3 is 2.32 bits per heavy atom. The molecule has 0 radical (unpaired) electrons. The SMILES string of the molecule is COC(=O)OC/C=C/c1c(COC(=O)OC)c2c(n1C)C(=O)C=C(OC)C2=O. The van der Waals surface area contributed by atoms with Gasteiger partial charge >= 0.3 is 12.3 Å². The Balaban J connectivity index is 2.46. The summed E-state index contributed by atoms with van der Waals surface area (Å²) in [5.74, 6) is -1.06. The first-order valence-corrected chi connectivity index (χ1v) is 7.99. The molecular formula is C18H19NO9. The topological polar surface area (TPSA) is 119 Å². The average molecular weight is 393 g/mol. The lowest BCUT2D eigenvalue weighted by atomic mass is 9.96. The van der Waals surface area contributed by atoms with Gasteiger partial charge in [-0.2, -0.15) is 0 Å². The van der Waals surface area contributed by atoms with Gasteiger partial charge in [0.25, 0.3) is 0 Å². The maximum Gasteiger partial charge on any atom is 0.508 e. The molecule has 150 valence electrons. The fourth-order valence-electron chi connectivity index (χ4n) is 2.71. The molecule has 1 aromatic rings. The van der Waals surface area contributed by atoms with Crippen LogP contribution in [-0.4, -0.2) is 56.4 Å². The van der Waals surface area contributed by atoms with E-state index in [0.29, 0.717) is 11.3 Å². The van der Waals surface area contributed by atoms with Gasteiger partial charge in [-0.3, -0.25) is 9.59 Å². The number of ketones is 2. The van der Waals surface area contributed by atoms with Gasteiger partial charge in [-0.25, -0.2) is 9.59 Å². The van der Waals surface area contributed by atoms with Crippen LogP contribution < -0.4 is 0 Å². The summed E-state index contributed by atoms with van der Waals surface area (Å²) in [6, 6.07) is 0. The largest absolute Gasteiger partial charge is 0.508 e. The summed E-state index contributed by atoms with van der Waals surface area (Å²) < 4.78 is 25.0. The lowest BCUT2D eigenvalue weighted by Gasteiger charge is -2.13. The Morgan fingerprint density at radius 2 is 1.71 bits per heavy atom. The van der Waals surface area contributed by atoms with Gasteiger partial charge in [0.1, 0.15) is 18.9 Å². The Labute approximate surface area is 160 Å². The molecule has 0 bridgehead atoms. The van der Waals surface area contributed by atoms with E-state index in [1.54, 1.807) is 7.05 Å². The number of hydrogen-bond acceptors (Lipinski definition) is 9. The second kappa shape index (κ2) is 8.89. The molecule has 2 rings (SSSR count). The molecule has 0 N–H and O–H groups in total. The van der Waals surface area contributed by atoms with E-state index in [4.69, 9.17) is 14.2 Å². The van der Waals surface area contributed by atoms with Crippen molar-refractivity contribution in [1.82, 2.24) is 4.57 Å². The molecule has 1 aliphatic rings. The summed E-state index contributed by atoms with van der Waals surface area (Å²) in [5.41, 5.74) is 0.903. The molecule has 1 aliphatic carbocycles. The molecule has 10 nitrogen and oxygen atoms in total. The van der Waals surface area contributed by atoms with Gasteiger partial charge in [-0.1, -0.05) is 0 Å². The first-order chi connectivity index (χ1) is 13.3. The zero-order chi connectivity index (χ0) is 20.8. The molecule has 1 heterocycles. The number of allylic oxidation sites excluding steroid dienone is 2. The number of methoxy groups -OCH3 is 3. The first kappa shape index (κ1) is 20.7. The minimum atomic E-state index is -0.946. The summed E-state index contributed by atoms with van der Waals surface area (Å²) in [6.45, 7) is -0.424. The predicted octanol–water partition coefficient (Wildman–Crippen LogP) is 2.01. The Bertz CT molecular complexity index is 876. The van der Waals surface area contributed by atoms with Crippen LogP contribution in [-0.2, 0) is 37.3 Å². The average Bonchev–Trinajstić information content (AvgIpc) is 2.98. The Hall–Kier alpha value is -3.56. The van der Waals surface area contributed by atoms with E-state index in [1.165, 1.54) is 30.9 Å². The number of carbonyl (C=O) groups excluding carboxylic acids is 4. The molecule has 0 spiro atoms. The minimum absolute atomic E-state index is 0.0734. The van der Waals surface area contributed by atoms with E-state index in [-0.39, 0.29) is 30.2 Å². The van der Waals surface area contributed by atoms with Gasteiger partial charge in [0, 0.05) is 24.4 Å². The Morgan fingerprint density at radius 1 is 1.07 bits per heavy atom. The summed E-state index contributed by atoms with van der Waals surface area (Å²) in [4.78, 5) is 47.6. The van der Waals surface area contributed by atoms with Crippen molar-refractivity contribution in [2.24, 2.45) is 7.05 Å². The van der Waals surface area contributed by atoms with Crippen LogP contribution in [0.25, 0.3) is 6.08 Å². The normalized spacial score (nSPS) is 13.1. The van der Waals surface area contributed by atoms with Crippen LogP contribution in [0.4, 0.5) is 9.59 Å². The minimum Gasteiger partial charge on any atom is -0.492 e. The number of fused-ring (bicyclic) bond motifs is 1. The molecule has 0 saturated heterocycles. The van der Waals surface area contributed by atoms with Crippen molar-refractivity contribution in [3.05, 3.63) is 40.4 Å². The molecule has 0 atom stereocenters. The van der Waals surface area contributed by atoms with Gasteiger partial charge in [0.15, 0.2) is 5.76 Å². The molecule has 0 aromatic carbocycles. The summed E-state index contributed by atoms with van der Waals surface area (Å²) in [7, 11) is 5.18. The van der Waals surface area contributed by atoms with Crippen LogP contribution in [0.5, 0.6) is 0 Å². The quantitative estimate of drug-likeness (QED) is 0.668. The molecule has 0 unspecified atom stereocenters. The van der Waals surface area contributed by atoms with Crippen LogP contribution in [0.1, 0.15) is 32.1 Å². The third-order valence-electron chi connectivity index (χ3n) is 3.95. The zero-order valence-corrected chi connectivity index (χ0v) is 15.8. The van der Waals surface area contributed by atoms with Crippen LogP contribution in [0.2, 0.25) is 0 Å². The molecule has 0 saturated carbocycles. The van der Waals surface area contributed by atoms with E-state index in [0.717, 1.165) is 13.2 Å². The zero-order valence-electron chi connectivity index (χ0n) is 15.8. The lowest BCUT2D eigenvalue weighted by molar-refractivity contribution is 0.0661. The van der Waals surface area contributed by atoms with Gasteiger partial charge < -0.3 is 28.3 Å². The number of aromatic nitrogens is 1. The fraction of sp³-hybridized carbons (Fsp3) is 0.333. The van der Waals surface area contributed by atoms with Crippen molar-refractivity contribution in [3.63, 3.8) is 0 Å². The summed E-state index contributed by atoms with van der Waals surface area (Å²) >= 11 is 0.